The number of benzene rings is 1. The minimum Gasteiger partial charge on any atom is -0.469 e. The van der Waals surface area contributed by atoms with Gasteiger partial charge in [-0.2, -0.15) is 0 Å². The number of anilines is 1. The minimum absolute atomic E-state index is 0.129. The third kappa shape index (κ3) is 1.90. The molecule has 0 spiro atoms. The Morgan fingerprint density at radius 3 is 3.06 bits per heavy atom. The lowest BCUT2D eigenvalue weighted by atomic mass is 9.94. The SMILES string of the molecule is CCC(C(=O)OC)c1ccc2c(c1)CCN2. The lowest BCUT2D eigenvalue weighted by Gasteiger charge is -2.13. The molecule has 1 heterocycles. The van der Waals surface area contributed by atoms with Gasteiger partial charge in [0.15, 0.2) is 0 Å². The maximum absolute atomic E-state index is 11.6. The minimum atomic E-state index is -0.145. The number of carbonyl (C=O) groups is 1. The molecular weight excluding hydrogens is 202 g/mol. The fraction of sp³-hybridized carbons (Fsp3) is 0.462. The highest BCUT2D eigenvalue weighted by atomic mass is 16.5. The van der Waals surface area contributed by atoms with Gasteiger partial charge in [0, 0.05) is 12.2 Å². The van der Waals surface area contributed by atoms with Crippen molar-refractivity contribution in [2.75, 3.05) is 19.0 Å². The molecule has 16 heavy (non-hydrogen) atoms. The van der Waals surface area contributed by atoms with E-state index in [-0.39, 0.29) is 11.9 Å². The van der Waals surface area contributed by atoms with Crippen LogP contribution in [-0.2, 0) is 16.0 Å². The second-order valence-corrected chi connectivity index (χ2v) is 4.08. The third-order valence-corrected chi connectivity index (χ3v) is 3.14. The van der Waals surface area contributed by atoms with Crippen molar-refractivity contribution in [2.45, 2.75) is 25.7 Å². The molecule has 1 unspecified atom stereocenters. The molecular formula is C13H17NO2. The zero-order valence-corrected chi connectivity index (χ0v) is 9.75. The van der Waals surface area contributed by atoms with Crippen molar-refractivity contribution >= 4 is 11.7 Å². The average molecular weight is 219 g/mol. The summed E-state index contributed by atoms with van der Waals surface area (Å²) in [5.74, 6) is -0.274. The van der Waals surface area contributed by atoms with Gasteiger partial charge in [-0.15, -0.1) is 0 Å². The fourth-order valence-corrected chi connectivity index (χ4v) is 2.22. The van der Waals surface area contributed by atoms with Crippen molar-refractivity contribution in [3.05, 3.63) is 29.3 Å². The van der Waals surface area contributed by atoms with Crippen molar-refractivity contribution in [3.63, 3.8) is 0 Å². The van der Waals surface area contributed by atoms with Crippen molar-refractivity contribution in [3.8, 4) is 0 Å². The third-order valence-electron chi connectivity index (χ3n) is 3.14. The summed E-state index contributed by atoms with van der Waals surface area (Å²) in [7, 11) is 1.44. The standard InChI is InChI=1S/C13H17NO2/c1-3-11(13(15)16-2)9-4-5-12-10(8-9)6-7-14-12/h4-5,8,11,14H,3,6-7H2,1-2H3. The summed E-state index contributed by atoms with van der Waals surface area (Å²) in [6.45, 7) is 3.00. The molecule has 0 radical (unpaired) electrons. The molecule has 1 aliphatic rings. The number of ether oxygens (including phenoxy) is 1. The number of rotatable bonds is 3. The quantitative estimate of drug-likeness (QED) is 0.793. The molecule has 0 saturated carbocycles. The zero-order valence-electron chi connectivity index (χ0n) is 9.75. The summed E-state index contributed by atoms with van der Waals surface area (Å²) in [6, 6.07) is 6.20. The second-order valence-electron chi connectivity index (χ2n) is 4.08. The smallest absolute Gasteiger partial charge is 0.313 e. The van der Waals surface area contributed by atoms with Gasteiger partial charge in [0.1, 0.15) is 0 Å². The van der Waals surface area contributed by atoms with E-state index in [1.165, 1.54) is 18.4 Å². The average Bonchev–Trinajstić information content (AvgIpc) is 2.77. The Bertz CT molecular complexity index is 401. The Morgan fingerprint density at radius 2 is 2.38 bits per heavy atom. The summed E-state index contributed by atoms with van der Waals surface area (Å²) in [4.78, 5) is 11.6. The van der Waals surface area contributed by atoms with Crippen LogP contribution in [0.1, 0.15) is 30.4 Å². The summed E-state index contributed by atoms with van der Waals surface area (Å²) in [5, 5.41) is 3.31. The van der Waals surface area contributed by atoms with Gasteiger partial charge in [0.25, 0.3) is 0 Å². The molecule has 0 aromatic heterocycles. The van der Waals surface area contributed by atoms with Gasteiger partial charge < -0.3 is 10.1 Å². The number of hydrogen-bond donors (Lipinski definition) is 1. The van der Waals surface area contributed by atoms with Crippen LogP contribution in [0, 0.1) is 0 Å². The highest BCUT2D eigenvalue weighted by Gasteiger charge is 2.21. The Labute approximate surface area is 95.8 Å². The van der Waals surface area contributed by atoms with Crippen LogP contribution in [0.2, 0.25) is 0 Å². The van der Waals surface area contributed by atoms with Gasteiger partial charge in [0.2, 0.25) is 0 Å². The van der Waals surface area contributed by atoms with Gasteiger partial charge in [-0.05, 0) is 30.0 Å². The van der Waals surface area contributed by atoms with E-state index >= 15 is 0 Å². The van der Waals surface area contributed by atoms with Crippen LogP contribution < -0.4 is 5.32 Å². The predicted octanol–water partition coefficient (Wildman–Crippen LogP) is 2.32. The molecule has 0 saturated heterocycles. The largest absolute Gasteiger partial charge is 0.469 e. The van der Waals surface area contributed by atoms with E-state index < -0.39 is 0 Å². The first-order valence-electron chi connectivity index (χ1n) is 5.70. The van der Waals surface area contributed by atoms with E-state index in [0.717, 1.165) is 24.9 Å². The molecule has 0 bridgehead atoms. The van der Waals surface area contributed by atoms with E-state index in [9.17, 15) is 4.79 Å². The van der Waals surface area contributed by atoms with Crippen LogP contribution in [0.25, 0.3) is 0 Å². The first-order valence-corrected chi connectivity index (χ1v) is 5.70. The fourth-order valence-electron chi connectivity index (χ4n) is 2.22. The second kappa shape index (κ2) is 4.56. The van der Waals surface area contributed by atoms with Crippen LogP contribution in [0.5, 0.6) is 0 Å². The number of fused-ring (bicyclic) bond motifs is 1. The van der Waals surface area contributed by atoms with Crippen molar-refractivity contribution in [1.82, 2.24) is 0 Å². The molecule has 1 atom stereocenters. The molecule has 0 fully saturated rings. The molecule has 1 N–H and O–H groups in total. The van der Waals surface area contributed by atoms with Crippen LogP contribution in [0.3, 0.4) is 0 Å². The molecule has 1 aromatic rings. The number of carbonyl (C=O) groups excluding carboxylic acids is 1. The number of hydrogen-bond acceptors (Lipinski definition) is 3. The lowest BCUT2D eigenvalue weighted by Crippen LogP contribution is -2.13. The van der Waals surface area contributed by atoms with Gasteiger partial charge in [-0.25, -0.2) is 0 Å². The summed E-state index contributed by atoms with van der Waals surface area (Å²) in [5.41, 5.74) is 3.57. The molecule has 1 aromatic carbocycles. The molecule has 0 aliphatic carbocycles. The summed E-state index contributed by atoms with van der Waals surface area (Å²) in [6.07, 6.45) is 1.82. The molecule has 86 valence electrons. The molecule has 1 aliphatic heterocycles. The first-order chi connectivity index (χ1) is 7.76. The maximum Gasteiger partial charge on any atom is 0.313 e. The van der Waals surface area contributed by atoms with Crippen LogP contribution in [-0.4, -0.2) is 19.6 Å². The normalized spacial score (nSPS) is 15.1. The maximum atomic E-state index is 11.6. The molecule has 3 heteroatoms. The lowest BCUT2D eigenvalue weighted by molar-refractivity contribution is -0.142. The molecule has 2 rings (SSSR count). The highest BCUT2D eigenvalue weighted by Crippen LogP contribution is 2.28. The highest BCUT2D eigenvalue weighted by molar-refractivity contribution is 5.78. The van der Waals surface area contributed by atoms with Crippen molar-refractivity contribution in [2.24, 2.45) is 0 Å². The van der Waals surface area contributed by atoms with Crippen molar-refractivity contribution in [1.29, 1.82) is 0 Å². The molecule has 3 nitrogen and oxygen atoms in total. The van der Waals surface area contributed by atoms with E-state index in [4.69, 9.17) is 4.74 Å². The van der Waals surface area contributed by atoms with E-state index in [1.807, 2.05) is 13.0 Å². The zero-order chi connectivity index (χ0) is 11.5. The summed E-state index contributed by atoms with van der Waals surface area (Å²) < 4.78 is 4.82. The van der Waals surface area contributed by atoms with Gasteiger partial charge in [0.05, 0.1) is 13.0 Å². The number of esters is 1. The van der Waals surface area contributed by atoms with E-state index in [0.29, 0.717) is 0 Å². The predicted molar refractivity (Wildman–Crippen MR) is 63.7 cm³/mol. The van der Waals surface area contributed by atoms with E-state index in [1.54, 1.807) is 0 Å². The first kappa shape index (κ1) is 11.0. The van der Waals surface area contributed by atoms with Gasteiger partial charge >= 0.3 is 5.97 Å². The van der Waals surface area contributed by atoms with E-state index in [2.05, 4.69) is 17.4 Å². The Hall–Kier alpha value is -1.51. The Morgan fingerprint density at radius 1 is 1.56 bits per heavy atom. The van der Waals surface area contributed by atoms with Crippen LogP contribution >= 0.6 is 0 Å². The Kier molecular flexibility index (Phi) is 3.13. The summed E-state index contributed by atoms with van der Waals surface area (Å²) >= 11 is 0. The molecule has 0 amide bonds. The van der Waals surface area contributed by atoms with Gasteiger partial charge in [-0.3, -0.25) is 4.79 Å². The van der Waals surface area contributed by atoms with Crippen LogP contribution in [0.15, 0.2) is 18.2 Å². The monoisotopic (exact) mass is 219 g/mol. The van der Waals surface area contributed by atoms with Crippen molar-refractivity contribution < 1.29 is 9.53 Å². The topological polar surface area (TPSA) is 38.3 Å². The number of nitrogens with one attached hydrogen (secondary N) is 1. The van der Waals surface area contributed by atoms with Crippen LogP contribution in [0.4, 0.5) is 5.69 Å². The number of methoxy groups -OCH3 is 1. The van der Waals surface area contributed by atoms with Gasteiger partial charge in [-0.1, -0.05) is 19.1 Å². The Balaban J connectivity index is 2.29.